The Hall–Kier alpha value is -0.950. The number of rotatable bonds is 8. The molecule has 4 saturated carbocycles. The molecule has 0 amide bonds. The fraction of sp³-hybridized carbons (Fsp3) is 0.722. The van der Waals surface area contributed by atoms with Crippen LogP contribution in [-0.4, -0.2) is 6.26 Å². The lowest BCUT2D eigenvalue weighted by atomic mass is 9.71. The average Bonchev–Trinajstić information content (AvgIpc) is 3.69. The summed E-state index contributed by atoms with van der Waals surface area (Å²) < 4.78 is 0. The van der Waals surface area contributed by atoms with E-state index in [0.717, 1.165) is 53.3 Å². The van der Waals surface area contributed by atoms with E-state index in [-0.39, 0.29) is 0 Å². The number of hydrogen-bond donors (Lipinski definition) is 1. The second-order valence-electron chi connectivity index (χ2n) is 13.9. The Morgan fingerprint density at radius 3 is 1.95 bits per heavy atom. The monoisotopic (exact) mass is 518 g/mol. The quantitative estimate of drug-likeness (QED) is 0.257. The van der Waals surface area contributed by atoms with E-state index in [1.165, 1.54) is 74.5 Å². The first-order chi connectivity index (χ1) is 18.0. The summed E-state index contributed by atoms with van der Waals surface area (Å²) in [5.41, 5.74) is 7.66. The van der Waals surface area contributed by atoms with E-state index >= 15 is 0 Å². The van der Waals surface area contributed by atoms with E-state index in [0.29, 0.717) is 0 Å². The van der Waals surface area contributed by atoms with E-state index in [1.54, 1.807) is 36.7 Å². The summed E-state index contributed by atoms with van der Waals surface area (Å²) >= 11 is 3.53. The van der Waals surface area contributed by atoms with Crippen molar-refractivity contribution in [1.82, 2.24) is 0 Å². The van der Waals surface area contributed by atoms with Gasteiger partial charge in [0.05, 0.1) is 0 Å². The van der Waals surface area contributed by atoms with Crippen molar-refractivity contribution in [3.8, 4) is 0 Å². The van der Waals surface area contributed by atoms with Crippen molar-refractivity contribution in [3.63, 3.8) is 0 Å². The predicted molar refractivity (Wildman–Crippen MR) is 164 cm³/mol. The lowest BCUT2D eigenvalue weighted by Crippen LogP contribution is -2.24. The van der Waals surface area contributed by atoms with Crippen LogP contribution in [0.25, 0.3) is 0 Å². The topological polar surface area (TPSA) is 0 Å². The van der Waals surface area contributed by atoms with Crippen molar-refractivity contribution in [2.24, 2.45) is 47.3 Å². The molecule has 9 unspecified atom stereocenters. The molecule has 1 aromatic carbocycles. The first-order valence-corrected chi connectivity index (χ1v) is 16.7. The minimum atomic E-state index is 0.853. The van der Waals surface area contributed by atoms with Gasteiger partial charge in [-0.25, -0.2) is 0 Å². The van der Waals surface area contributed by atoms with Crippen LogP contribution in [-0.2, 0) is 0 Å². The van der Waals surface area contributed by atoms with Crippen molar-refractivity contribution in [1.29, 1.82) is 0 Å². The molecule has 4 fully saturated rings. The van der Waals surface area contributed by atoms with E-state index in [2.05, 4.69) is 70.7 Å². The summed E-state index contributed by atoms with van der Waals surface area (Å²) in [6.07, 6.45) is 25.0. The molecule has 204 valence electrons. The molecule has 1 heteroatoms. The minimum absolute atomic E-state index is 0.853. The number of benzene rings is 1. The Bertz CT molecular complexity index is 984. The summed E-state index contributed by atoms with van der Waals surface area (Å²) in [6, 6.07) is 7.29. The zero-order chi connectivity index (χ0) is 26.1. The van der Waals surface area contributed by atoms with Gasteiger partial charge in [0.2, 0.25) is 0 Å². The number of fused-ring (bicyclic) bond motifs is 4. The van der Waals surface area contributed by atoms with Crippen LogP contribution in [0.4, 0.5) is 0 Å². The molecule has 5 aliphatic rings. The molecule has 1 aromatic rings. The zero-order valence-corrected chi connectivity index (χ0v) is 25.4. The summed E-state index contributed by atoms with van der Waals surface area (Å²) in [5, 5.41) is 0. The molecule has 37 heavy (non-hydrogen) atoms. The van der Waals surface area contributed by atoms with Gasteiger partial charge < -0.3 is 0 Å². The van der Waals surface area contributed by atoms with E-state index in [9.17, 15) is 0 Å². The summed E-state index contributed by atoms with van der Waals surface area (Å²) in [7, 11) is 0. The molecule has 0 aliphatic heterocycles. The highest BCUT2D eigenvalue weighted by Gasteiger charge is 2.48. The Kier molecular flexibility index (Phi) is 9.00. The van der Waals surface area contributed by atoms with Crippen LogP contribution in [0.1, 0.15) is 114 Å². The standard InChI is InChI=1S/C35H50.CH4S/c1-22-10-12-28(14-24(22)3)34-20-30-18-32(34)16-26(30)8-6-5-7-9-27-17-33-19-31(27)21-35(33)29-13-11-23(2)25(4)15-29;1-2/h10-12,14-15,26-27,29-35H,5-9,13,16-21H2,1-4H3;2H,1H3. The van der Waals surface area contributed by atoms with Gasteiger partial charge in [-0.05, 0) is 149 Å². The fourth-order valence-electron chi connectivity index (χ4n) is 9.75. The predicted octanol–water partition coefficient (Wildman–Crippen LogP) is 10.5. The molecule has 5 aliphatic carbocycles. The van der Waals surface area contributed by atoms with Gasteiger partial charge >= 0.3 is 0 Å². The summed E-state index contributed by atoms with van der Waals surface area (Å²) in [4.78, 5) is 0. The third kappa shape index (κ3) is 5.83. The number of thiol groups is 1. The fourth-order valence-corrected chi connectivity index (χ4v) is 9.75. The second kappa shape index (κ2) is 12.1. The van der Waals surface area contributed by atoms with Crippen molar-refractivity contribution in [3.05, 3.63) is 58.2 Å². The average molecular weight is 519 g/mol. The minimum Gasteiger partial charge on any atom is -0.183 e. The van der Waals surface area contributed by atoms with Crippen molar-refractivity contribution >= 4 is 12.6 Å². The summed E-state index contributed by atoms with van der Waals surface area (Å²) in [5.74, 6) is 8.97. The number of hydrogen-bond acceptors (Lipinski definition) is 1. The van der Waals surface area contributed by atoms with Gasteiger partial charge in [-0.1, -0.05) is 73.6 Å². The molecule has 0 aromatic heterocycles. The number of unbranched alkanes of at least 4 members (excludes halogenated alkanes) is 2. The molecule has 0 nitrogen and oxygen atoms in total. The number of allylic oxidation sites excluding steroid dienone is 4. The summed E-state index contributed by atoms with van der Waals surface area (Å²) in [6.45, 7) is 9.16. The van der Waals surface area contributed by atoms with Crippen LogP contribution in [0.5, 0.6) is 0 Å². The molecule has 9 atom stereocenters. The Morgan fingerprint density at radius 1 is 0.676 bits per heavy atom. The maximum atomic E-state index is 3.53. The smallest absolute Gasteiger partial charge is 0.0131 e. The van der Waals surface area contributed by atoms with Crippen molar-refractivity contribution in [2.45, 2.75) is 111 Å². The first-order valence-electron chi connectivity index (χ1n) is 15.8. The van der Waals surface area contributed by atoms with E-state index in [1.807, 2.05) is 0 Å². The Morgan fingerprint density at radius 2 is 1.35 bits per heavy atom. The van der Waals surface area contributed by atoms with Crippen LogP contribution in [0.3, 0.4) is 0 Å². The first kappa shape index (κ1) is 27.6. The normalized spacial score (nSPS) is 37.8. The van der Waals surface area contributed by atoms with Crippen LogP contribution in [0, 0.1) is 61.2 Å². The van der Waals surface area contributed by atoms with Crippen LogP contribution >= 0.6 is 12.6 Å². The molecule has 0 heterocycles. The lowest BCUT2D eigenvalue weighted by Gasteiger charge is -2.34. The number of aryl methyl sites for hydroxylation is 2. The van der Waals surface area contributed by atoms with E-state index < -0.39 is 0 Å². The SMILES string of the molecule is CC1=CCC(C2CC3CC2CC3CCCCCC2CC3CC2CC3c2ccc(C)c(C)c2)C=C1C.CS. The van der Waals surface area contributed by atoms with Crippen LogP contribution in [0.15, 0.2) is 41.5 Å². The van der Waals surface area contributed by atoms with E-state index in [4.69, 9.17) is 0 Å². The lowest BCUT2D eigenvalue weighted by molar-refractivity contribution is 0.201. The molecule has 0 saturated heterocycles. The van der Waals surface area contributed by atoms with Gasteiger partial charge in [-0.3, -0.25) is 0 Å². The van der Waals surface area contributed by atoms with Crippen molar-refractivity contribution < 1.29 is 0 Å². The Labute approximate surface area is 234 Å². The molecule has 0 spiro atoms. The van der Waals surface area contributed by atoms with Crippen LogP contribution in [0.2, 0.25) is 0 Å². The van der Waals surface area contributed by atoms with Gasteiger partial charge in [0, 0.05) is 0 Å². The van der Waals surface area contributed by atoms with Crippen molar-refractivity contribution in [2.75, 3.05) is 6.26 Å². The zero-order valence-electron chi connectivity index (χ0n) is 24.5. The highest BCUT2D eigenvalue weighted by Crippen LogP contribution is 2.58. The Balaban J connectivity index is 0.00000137. The molecule has 0 N–H and O–H groups in total. The maximum absolute atomic E-state index is 3.53. The molecular formula is C36H54S. The second-order valence-corrected chi connectivity index (χ2v) is 13.9. The molecular weight excluding hydrogens is 464 g/mol. The maximum Gasteiger partial charge on any atom is -0.0131 e. The third-order valence-corrected chi connectivity index (χ3v) is 12.0. The van der Waals surface area contributed by atoms with Crippen LogP contribution < -0.4 is 0 Å². The van der Waals surface area contributed by atoms with Gasteiger partial charge in [0.25, 0.3) is 0 Å². The molecule has 4 bridgehead atoms. The molecule has 6 rings (SSSR count). The van der Waals surface area contributed by atoms with Gasteiger partial charge in [-0.2, -0.15) is 12.6 Å². The molecule has 0 radical (unpaired) electrons. The van der Waals surface area contributed by atoms with Gasteiger partial charge in [0.1, 0.15) is 0 Å². The highest BCUT2D eigenvalue weighted by atomic mass is 32.1. The largest absolute Gasteiger partial charge is 0.183 e. The third-order valence-electron chi connectivity index (χ3n) is 12.0. The van der Waals surface area contributed by atoms with Gasteiger partial charge in [0.15, 0.2) is 0 Å². The highest BCUT2D eigenvalue weighted by molar-refractivity contribution is 7.79. The van der Waals surface area contributed by atoms with Gasteiger partial charge in [-0.15, -0.1) is 0 Å².